The number of amides is 1. The zero-order chi connectivity index (χ0) is 20.4. The van der Waals surface area contributed by atoms with Crippen molar-refractivity contribution in [1.82, 2.24) is 4.98 Å². The first-order valence-corrected chi connectivity index (χ1v) is 9.52. The van der Waals surface area contributed by atoms with Crippen molar-refractivity contribution in [2.75, 3.05) is 10.6 Å². The number of pyridine rings is 1. The third kappa shape index (κ3) is 3.70. The molecule has 3 rings (SSSR count). The summed E-state index contributed by atoms with van der Waals surface area (Å²) in [6, 6.07) is 11.8. The highest BCUT2D eigenvalue weighted by Crippen LogP contribution is 2.38. The van der Waals surface area contributed by atoms with Crippen molar-refractivity contribution >= 4 is 49.8 Å². The van der Waals surface area contributed by atoms with Crippen LogP contribution in [0.1, 0.15) is 29.3 Å². The van der Waals surface area contributed by atoms with E-state index in [2.05, 4.69) is 37.6 Å². The predicted octanol–water partition coefficient (Wildman–Crippen LogP) is 4.65. The molecule has 0 radical (unpaired) electrons. The largest absolute Gasteiger partial charge is 0.354 e. The summed E-state index contributed by atoms with van der Waals surface area (Å²) in [7, 11) is 0. The van der Waals surface area contributed by atoms with Crippen LogP contribution in [0.3, 0.4) is 0 Å². The molecular weight excluding hydrogens is 418 g/mol. The second kappa shape index (κ2) is 7.97. The number of benzene rings is 2. The summed E-state index contributed by atoms with van der Waals surface area (Å²) in [6.45, 7) is 5.43. The molecular formula is C21H20BrN5O. The van der Waals surface area contributed by atoms with Crippen LogP contribution in [0.4, 0.5) is 17.1 Å². The highest BCUT2D eigenvalue weighted by atomic mass is 79.9. The van der Waals surface area contributed by atoms with E-state index >= 15 is 0 Å². The van der Waals surface area contributed by atoms with Gasteiger partial charge in [0.1, 0.15) is 6.07 Å². The highest BCUT2D eigenvalue weighted by Gasteiger charge is 2.19. The van der Waals surface area contributed by atoms with Crippen LogP contribution in [0.15, 0.2) is 34.8 Å². The van der Waals surface area contributed by atoms with Gasteiger partial charge in [0.05, 0.1) is 22.5 Å². The molecule has 1 amide bonds. The van der Waals surface area contributed by atoms with Gasteiger partial charge in [-0.25, -0.2) is 0 Å². The van der Waals surface area contributed by atoms with Crippen LogP contribution in [0.25, 0.3) is 10.9 Å². The number of hydrogen-bond donors (Lipinski definition) is 3. The Hall–Kier alpha value is -2.95. The van der Waals surface area contributed by atoms with E-state index in [1.54, 1.807) is 6.92 Å². The van der Waals surface area contributed by atoms with Gasteiger partial charge in [0, 0.05) is 34.7 Å². The number of nitriles is 1. The smallest absolute Gasteiger partial charge is 0.221 e. The van der Waals surface area contributed by atoms with Crippen molar-refractivity contribution < 1.29 is 4.79 Å². The van der Waals surface area contributed by atoms with E-state index in [1.807, 2.05) is 37.3 Å². The summed E-state index contributed by atoms with van der Waals surface area (Å²) in [5.41, 5.74) is 11.5. The number of nitrogens with one attached hydrogen (secondary N) is 2. The van der Waals surface area contributed by atoms with E-state index in [0.717, 1.165) is 32.2 Å². The minimum Gasteiger partial charge on any atom is -0.354 e. The fourth-order valence-electron chi connectivity index (χ4n) is 3.23. The van der Waals surface area contributed by atoms with Crippen LogP contribution in [0.5, 0.6) is 0 Å². The maximum atomic E-state index is 11.7. The maximum Gasteiger partial charge on any atom is 0.221 e. The Kier molecular flexibility index (Phi) is 5.63. The Balaban J connectivity index is 2.38. The van der Waals surface area contributed by atoms with E-state index in [9.17, 15) is 10.1 Å². The summed E-state index contributed by atoms with van der Waals surface area (Å²) in [4.78, 5) is 16.3. The van der Waals surface area contributed by atoms with E-state index < -0.39 is 0 Å². The zero-order valence-corrected chi connectivity index (χ0v) is 17.4. The number of hydrogen-bond acceptors (Lipinski definition) is 5. The number of fused-ring (bicyclic) bond motifs is 1. The van der Waals surface area contributed by atoms with Crippen LogP contribution in [0.2, 0.25) is 0 Å². The van der Waals surface area contributed by atoms with Crippen molar-refractivity contribution in [2.45, 2.75) is 27.3 Å². The molecule has 0 saturated heterocycles. The van der Waals surface area contributed by atoms with Gasteiger partial charge in [0.25, 0.3) is 0 Å². The van der Waals surface area contributed by atoms with Gasteiger partial charge in [-0.3, -0.25) is 9.78 Å². The van der Waals surface area contributed by atoms with Crippen LogP contribution in [-0.4, -0.2) is 10.9 Å². The average molecular weight is 438 g/mol. The number of carbonyl (C=O) groups is 1. The van der Waals surface area contributed by atoms with Gasteiger partial charge >= 0.3 is 0 Å². The fraction of sp³-hybridized carbons (Fsp3) is 0.190. The summed E-state index contributed by atoms with van der Waals surface area (Å²) >= 11 is 3.47. The summed E-state index contributed by atoms with van der Waals surface area (Å²) in [5.74, 6) is -0.174. The molecule has 1 heterocycles. The first kappa shape index (κ1) is 19.8. The topological polar surface area (TPSA) is 104 Å². The maximum absolute atomic E-state index is 11.7. The molecule has 0 unspecified atom stereocenters. The monoisotopic (exact) mass is 437 g/mol. The Morgan fingerprint density at radius 2 is 2.07 bits per heavy atom. The number of nitrogens with two attached hydrogens (primary N) is 1. The third-order valence-corrected chi connectivity index (χ3v) is 5.01. The van der Waals surface area contributed by atoms with Crippen LogP contribution < -0.4 is 16.4 Å². The quantitative estimate of drug-likeness (QED) is 0.550. The number of aryl methyl sites for hydroxylation is 2. The van der Waals surface area contributed by atoms with Gasteiger partial charge in [-0.1, -0.05) is 22.0 Å². The first-order chi connectivity index (χ1) is 13.3. The molecule has 3 aromatic rings. The first-order valence-electron chi connectivity index (χ1n) is 8.72. The van der Waals surface area contributed by atoms with E-state index in [1.165, 1.54) is 6.92 Å². The Morgan fingerprint density at radius 1 is 1.32 bits per heavy atom. The minimum absolute atomic E-state index is 0.174. The lowest BCUT2D eigenvalue weighted by atomic mass is 9.97. The summed E-state index contributed by atoms with van der Waals surface area (Å²) in [6.07, 6.45) is 0. The Labute approximate surface area is 171 Å². The lowest BCUT2D eigenvalue weighted by Gasteiger charge is -2.19. The van der Waals surface area contributed by atoms with Crippen LogP contribution in [-0.2, 0) is 11.3 Å². The molecule has 0 aliphatic rings. The Bertz CT molecular complexity index is 1130. The van der Waals surface area contributed by atoms with Crippen molar-refractivity contribution in [3.05, 3.63) is 57.2 Å². The van der Waals surface area contributed by atoms with Gasteiger partial charge < -0.3 is 16.4 Å². The molecule has 0 bridgehead atoms. The molecule has 0 fully saturated rings. The lowest BCUT2D eigenvalue weighted by Crippen LogP contribution is -2.11. The third-order valence-electron chi connectivity index (χ3n) is 4.52. The molecule has 4 N–H and O–H groups in total. The van der Waals surface area contributed by atoms with Gasteiger partial charge in [-0.15, -0.1) is 0 Å². The summed E-state index contributed by atoms with van der Waals surface area (Å²) < 4.78 is 0.921. The second-order valence-corrected chi connectivity index (χ2v) is 7.43. The van der Waals surface area contributed by atoms with Gasteiger partial charge in [-0.05, 0) is 49.2 Å². The van der Waals surface area contributed by atoms with Gasteiger partial charge in [-0.2, -0.15) is 5.26 Å². The van der Waals surface area contributed by atoms with Crippen LogP contribution >= 0.6 is 15.9 Å². The zero-order valence-electron chi connectivity index (χ0n) is 15.9. The van der Waals surface area contributed by atoms with Crippen molar-refractivity contribution in [3.8, 4) is 6.07 Å². The molecule has 142 valence electrons. The summed E-state index contributed by atoms with van der Waals surface area (Å²) in [5, 5.41) is 16.8. The molecule has 7 heteroatoms. The predicted molar refractivity (Wildman–Crippen MR) is 116 cm³/mol. The molecule has 2 aromatic carbocycles. The molecule has 0 spiro atoms. The Morgan fingerprint density at radius 3 is 2.68 bits per heavy atom. The molecule has 0 saturated carbocycles. The molecule has 28 heavy (non-hydrogen) atoms. The van der Waals surface area contributed by atoms with E-state index in [4.69, 9.17) is 5.73 Å². The average Bonchev–Trinajstić information content (AvgIpc) is 2.63. The van der Waals surface area contributed by atoms with Crippen LogP contribution in [0, 0.1) is 25.2 Å². The van der Waals surface area contributed by atoms with Crippen molar-refractivity contribution in [2.24, 2.45) is 5.73 Å². The number of aromatic nitrogens is 1. The highest BCUT2D eigenvalue weighted by molar-refractivity contribution is 9.10. The number of halogens is 1. The number of anilines is 3. The fourth-order valence-corrected chi connectivity index (χ4v) is 3.63. The van der Waals surface area contributed by atoms with Crippen molar-refractivity contribution in [1.29, 1.82) is 5.26 Å². The standard InChI is InChI=1S/C21H20BrN5O/c1-11-18(26-13(3)28)7-14(9-23)20-19(11)21(17(10-24)12(2)25-20)27-16-6-4-5-15(22)8-16/h4-8H,9,23H2,1-3H3,(H,25,27)(H,26,28). The molecule has 1 aromatic heterocycles. The minimum atomic E-state index is -0.174. The SMILES string of the molecule is CC(=O)Nc1cc(CN)c2nc(C)c(C#N)c(Nc3cccc(Br)c3)c2c1C. The van der Waals surface area contributed by atoms with E-state index in [0.29, 0.717) is 22.6 Å². The molecule has 0 atom stereocenters. The number of rotatable bonds is 4. The van der Waals surface area contributed by atoms with Gasteiger partial charge in [0.2, 0.25) is 5.91 Å². The van der Waals surface area contributed by atoms with E-state index in [-0.39, 0.29) is 12.5 Å². The normalized spacial score (nSPS) is 10.6. The lowest BCUT2D eigenvalue weighted by molar-refractivity contribution is -0.114. The van der Waals surface area contributed by atoms with Crippen molar-refractivity contribution in [3.63, 3.8) is 0 Å². The number of carbonyl (C=O) groups excluding carboxylic acids is 1. The molecule has 0 aliphatic carbocycles. The number of nitrogens with zero attached hydrogens (tertiary/aromatic N) is 2. The second-order valence-electron chi connectivity index (χ2n) is 6.51. The van der Waals surface area contributed by atoms with Gasteiger partial charge in [0.15, 0.2) is 0 Å². The molecule has 0 aliphatic heterocycles. The molecule has 6 nitrogen and oxygen atoms in total.